The van der Waals surface area contributed by atoms with Crippen molar-refractivity contribution in [2.75, 3.05) is 18.0 Å². The maximum absolute atomic E-state index is 13.2. The minimum absolute atomic E-state index is 0.0370. The van der Waals surface area contributed by atoms with E-state index in [2.05, 4.69) is 11.9 Å². The molecule has 0 saturated carbocycles. The molecule has 0 atom stereocenters. The van der Waals surface area contributed by atoms with Gasteiger partial charge in [0, 0.05) is 27.2 Å². The molecule has 4 rings (SSSR count). The smallest absolute Gasteiger partial charge is 0.342 e. The number of hydrogen-bond donors (Lipinski definition) is 0. The zero-order valence-electron chi connectivity index (χ0n) is 17.6. The number of rotatable bonds is 3. The molecule has 1 saturated heterocycles. The third-order valence-corrected chi connectivity index (χ3v) is 5.99. The minimum atomic E-state index is -4.46. The highest BCUT2D eigenvalue weighted by Crippen LogP contribution is 2.31. The Balaban J connectivity index is 1.91. The van der Waals surface area contributed by atoms with Crippen molar-refractivity contribution in [3.05, 3.63) is 56.2 Å². The van der Waals surface area contributed by atoms with Crippen molar-refractivity contribution >= 4 is 17.1 Å². The topological polar surface area (TPSA) is 65.1 Å². The summed E-state index contributed by atoms with van der Waals surface area (Å²) in [6.07, 6.45) is -2.56. The number of alkyl halides is 3. The summed E-state index contributed by atoms with van der Waals surface area (Å²) >= 11 is 0. The van der Waals surface area contributed by atoms with E-state index in [0.717, 1.165) is 42.6 Å². The Morgan fingerprint density at radius 3 is 2.42 bits per heavy atom. The lowest BCUT2D eigenvalue weighted by Gasteiger charge is -2.31. The highest BCUT2D eigenvalue weighted by atomic mass is 19.4. The fourth-order valence-electron chi connectivity index (χ4n) is 4.06. The van der Waals surface area contributed by atoms with Gasteiger partial charge in [-0.1, -0.05) is 19.1 Å². The number of fused-ring (bicyclic) bond motifs is 1. The SMILES string of the molecule is CC1CCN(c2nc3c(c(=O)n(C)c(=O)n3C)n2Cc2cccc(C(F)(F)F)c2)CC1. The molecular weight excluding hydrogens is 411 g/mol. The summed E-state index contributed by atoms with van der Waals surface area (Å²) in [6.45, 7) is 3.65. The molecule has 31 heavy (non-hydrogen) atoms. The summed E-state index contributed by atoms with van der Waals surface area (Å²) in [4.78, 5) is 32.0. The molecule has 0 aliphatic carbocycles. The number of aromatic nitrogens is 4. The Bertz CT molecular complexity index is 1250. The van der Waals surface area contributed by atoms with Crippen LogP contribution in [0.1, 0.15) is 30.9 Å². The zero-order valence-corrected chi connectivity index (χ0v) is 17.6. The lowest BCUT2D eigenvalue weighted by atomic mass is 10.00. The molecule has 0 radical (unpaired) electrons. The van der Waals surface area contributed by atoms with Gasteiger partial charge in [0.1, 0.15) is 0 Å². The molecule has 1 aromatic carbocycles. The lowest BCUT2D eigenvalue weighted by molar-refractivity contribution is -0.137. The molecular formula is C21H24F3N5O2. The van der Waals surface area contributed by atoms with Crippen molar-refractivity contribution in [3.8, 4) is 0 Å². The van der Waals surface area contributed by atoms with Gasteiger partial charge in [-0.25, -0.2) is 4.79 Å². The van der Waals surface area contributed by atoms with E-state index in [1.807, 2.05) is 4.90 Å². The summed E-state index contributed by atoms with van der Waals surface area (Å²) in [6, 6.07) is 5.05. The summed E-state index contributed by atoms with van der Waals surface area (Å²) < 4.78 is 43.5. The van der Waals surface area contributed by atoms with Crippen LogP contribution in [0.25, 0.3) is 11.2 Å². The van der Waals surface area contributed by atoms with E-state index in [1.165, 1.54) is 24.7 Å². The molecule has 1 aliphatic heterocycles. The van der Waals surface area contributed by atoms with Crippen LogP contribution in [0.3, 0.4) is 0 Å². The Kier molecular flexibility index (Phi) is 5.18. The van der Waals surface area contributed by atoms with E-state index in [-0.39, 0.29) is 17.7 Å². The van der Waals surface area contributed by atoms with Gasteiger partial charge in [0.2, 0.25) is 5.95 Å². The van der Waals surface area contributed by atoms with Gasteiger partial charge < -0.3 is 4.90 Å². The van der Waals surface area contributed by atoms with Crippen molar-refractivity contribution < 1.29 is 13.2 Å². The number of anilines is 1. The van der Waals surface area contributed by atoms with E-state index >= 15 is 0 Å². The number of aryl methyl sites for hydroxylation is 1. The van der Waals surface area contributed by atoms with Crippen LogP contribution < -0.4 is 16.1 Å². The summed E-state index contributed by atoms with van der Waals surface area (Å²) in [5.41, 5.74) is -0.932. The average Bonchev–Trinajstić information content (AvgIpc) is 3.10. The van der Waals surface area contributed by atoms with Crippen LogP contribution in [-0.2, 0) is 26.8 Å². The van der Waals surface area contributed by atoms with Gasteiger partial charge in [-0.3, -0.25) is 18.5 Å². The number of benzene rings is 1. The first-order valence-corrected chi connectivity index (χ1v) is 10.1. The number of imidazole rings is 1. The van der Waals surface area contributed by atoms with Crippen LogP contribution in [0.15, 0.2) is 33.9 Å². The summed E-state index contributed by atoms with van der Waals surface area (Å²) in [7, 11) is 2.92. The van der Waals surface area contributed by atoms with E-state index < -0.39 is 23.0 Å². The summed E-state index contributed by atoms with van der Waals surface area (Å²) in [5.74, 6) is 1.06. The normalized spacial score (nSPS) is 15.7. The van der Waals surface area contributed by atoms with Crippen LogP contribution in [-0.4, -0.2) is 31.8 Å². The van der Waals surface area contributed by atoms with Gasteiger partial charge in [0.25, 0.3) is 5.56 Å². The van der Waals surface area contributed by atoms with Gasteiger partial charge in [-0.15, -0.1) is 0 Å². The molecule has 3 aromatic rings. The molecule has 0 bridgehead atoms. The first kappa shape index (κ1) is 21.2. The van der Waals surface area contributed by atoms with Crippen molar-refractivity contribution in [3.63, 3.8) is 0 Å². The molecule has 10 heteroatoms. The van der Waals surface area contributed by atoms with Crippen molar-refractivity contribution in [1.29, 1.82) is 0 Å². The Labute approximate surface area is 176 Å². The Morgan fingerprint density at radius 1 is 1.10 bits per heavy atom. The molecule has 1 fully saturated rings. The Morgan fingerprint density at radius 2 is 1.77 bits per heavy atom. The molecule has 0 unspecified atom stereocenters. The minimum Gasteiger partial charge on any atom is -0.342 e. The number of piperidine rings is 1. The predicted octanol–water partition coefficient (Wildman–Crippen LogP) is 2.74. The number of halogens is 3. The average molecular weight is 435 g/mol. The van der Waals surface area contributed by atoms with E-state index in [1.54, 1.807) is 10.6 Å². The highest BCUT2D eigenvalue weighted by Gasteiger charge is 2.31. The monoisotopic (exact) mass is 435 g/mol. The van der Waals surface area contributed by atoms with Crippen molar-refractivity contribution in [2.24, 2.45) is 20.0 Å². The van der Waals surface area contributed by atoms with Gasteiger partial charge in [-0.05, 0) is 36.5 Å². The van der Waals surface area contributed by atoms with Gasteiger partial charge >= 0.3 is 11.9 Å². The van der Waals surface area contributed by atoms with Crippen LogP contribution in [0, 0.1) is 5.92 Å². The van der Waals surface area contributed by atoms with Crippen LogP contribution >= 0.6 is 0 Å². The second-order valence-corrected chi connectivity index (χ2v) is 8.24. The van der Waals surface area contributed by atoms with E-state index in [4.69, 9.17) is 0 Å². The highest BCUT2D eigenvalue weighted by molar-refractivity contribution is 5.74. The zero-order chi connectivity index (χ0) is 22.5. The van der Waals surface area contributed by atoms with Crippen LogP contribution in [0.5, 0.6) is 0 Å². The fraction of sp³-hybridized carbons (Fsp3) is 0.476. The quantitative estimate of drug-likeness (QED) is 0.635. The van der Waals surface area contributed by atoms with Gasteiger partial charge in [0.15, 0.2) is 11.2 Å². The standard InChI is InChI=1S/C21H24F3N5O2/c1-13-7-9-28(10-8-13)19-25-17-16(18(30)27(3)20(31)26(17)2)29(19)12-14-5-4-6-15(11-14)21(22,23)24/h4-6,11,13H,7-10,12H2,1-3H3. The maximum Gasteiger partial charge on any atom is 0.416 e. The second kappa shape index (κ2) is 7.58. The molecule has 0 amide bonds. The third-order valence-electron chi connectivity index (χ3n) is 5.99. The van der Waals surface area contributed by atoms with Crippen LogP contribution in [0.2, 0.25) is 0 Å². The molecule has 166 valence electrons. The first-order valence-electron chi connectivity index (χ1n) is 10.1. The van der Waals surface area contributed by atoms with E-state index in [9.17, 15) is 22.8 Å². The number of nitrogens with zero attached hydrogens (tertiary/aromatic N) is 5. The lowest BCUT2D eigenvalue weighted by Crippen LogP contribution is -2.38. The summed E-state index contributed by atoms with van der Waals surface area (Å²) in [5, 5.41) is 0. The maximum atomic E-state index is 13.2. The third kappa shape index (κ3) is 3.75. The molecule has 7 nitrogen and oxygen atoms in total. The van der Waals surface area contributed by atoms with Gasteiger partial charge in [-0.2, -0.15) is 18.2 Å². The molecule has 2 aromatic heterocycles. The van der Waals surface area contributed by atoms with Crippen molar-refractivity contribution in [2.45, 2.75) is 32.5 Å². The molecule has 3 heterocycles. The van der Waals surface area contributed by atoms with Gasteiger partial charge in [0.05, 0.1) is 12.1 Å². The largest absolute Gasteiger partial charge is 0.416 e. The Hall–Kier alpha value is -3.04. The van der Waals surface area contributed by atoms with Crippen LogP contribution in [0.4, 0.5) is 19.1 Å². The second-order valence-electron chi connectivity index (χ2n) is 8.24. The first-order chi connectivity index (χ1) is 14.6. The van der Waals surface area contributed by atoms with Crippen molar-refractivity contribution in [1.82, 2.24) is 18.7 Å². The predicted molar refractivity (Wildman–Crippen MR) is 111 cm³/mol. The number of hydrogen-bond acceptors (Lipinski definition) is 4. The molecule has 0 N–H and O–H groups in total. The van der Waals surface area contributed by atoms with E-state index in [0.29, 0.717) is 17.4 Å². The fourth-order valence-corrected chi connectivity index (χ4v) is 4.06. The molecule has 1 aliphatic rings. The molecule has 0 spiro atoms.